The first-order valence-electron chi connectivity index (χ1n) is 9.84. The van der Waals surface area contributed by atoms with Gasteiger partial charge in [-0.2, -0.15) is 0 Å². The third-order valence-corrected chi connectivity index (χ3v) is 4.47. The molecule has 0 aromatic rings. The van der Waals surface area contributed by atoms with E-state index in [0.29, 0.717) is 32.7 Å². The van der Waals surface area contributed by atoms with Crippen LogP contribution in [0, 0.1) is 0 Å². The summed E-state index contributed by atoms with van der Waals surface area (Å²) >= 11 is 0. The minimum Gasteiger partial charge on any atom is -0.460 e. The van der Waals surface area contributed by atoms with E-state index in [2.05, 4.69) is 11.7 Å². The summed E-state index contributed by atoms with van der Waals surface area (Å²) in [5, 5.41) is 0. The van der Waals surface area contributed by atoms with Crippen molar-refractivity contribution in [3.8, 4) is 0 Å². The van der Waals surface area contributed by atoms with Crippen LogP contribution in [-0.4, -0.2) is 68.2 Å². The lowest BCUT2D eigenvalue weighted by Crippen LogP contribution is -2.52. The summed E-state index contributed by atoms with van der Waals surface area (Å²) in [5.74, 6) is -0.166. The Morgan fingerprint density at radius 2 is 2.07 bits per heavy atom. The van der Waals surface area contributed by atoms with Crippen molar-refractivity contribution in [2.45, 2.75) is 96.0 Å². The Kier molecular flexibility index (Phi) is 7.80. The summed E-state index contributed by atoms with van der Waals surface area (Å²) in [7, 11) is 0. The maximum Gasteiger partial charge on any atom is 0.306 e. The first kappa shape index (κ1) is 22.3. The SMILES string of the molecule is C=N[C@H]1[C@H]2OC[C@@](COCCCCC(=O)OC(C)(C)C)(C[C@@H]1OC(C)C)O2. The summed E-state index contributed by atoms with van der Waals surface area (Å²) in [6.07, 6.45) is 2.21. The highest BCUT2D eigenvalue weighted by atomic mass is 16.7. The number of hydrogen-bond donors (Lipinski definition) is 0. The van der Waals surface area contributed by atoms with Gasteiger partial charge in [-0.15, -0.1) is 0 Å². The van der Waals surface area contributed by atoms with Crippen LogP contribution in [0.15, 0.2) is 4.99 Å². The first-order chi connectivity index (χ1) is 12.6. The number of nitrogens with zero attached hydrogens (tertiary/aromatic N) is 1. The molecule has 2 aliphatic heterocycles. The smallest absolute Gasteiger partial charge is 0.306 e. The van der Waals surface area contributed by atoms with Gasteiger partial charge in [-0.05, 0) is 54.2 Å². The predicted molar refractivity (Wildman–Crippen MR) is 102 cm³/mol. The molecule has 4 atom stereocenters. The van der Waals surface area contributed by atoms with Crippen LogP contribution in [0.1, 0.15) is 60.3 Å². The van der Waals surface area contributed by atoms with Crippen molar-refractivity contribution in [1.29, 1.82) is 0 Å². The second-order valence-corrected chi connectivity index (χ2v) is 8.68. The molecule has 2 aliphatic rings. The van der Waals surface area contributed by atoms with E-state index in [0.717, 1.165) is 12.8 Å². The van der Waals surface area contributed by atoms with Gasteiger partial charge >= 0.3 is 5.97 Å². The Hall–Kier alpha value is -1.02. The number of esters is 1. The van der Waals surface area contributed by atoms with Gasteiger partial charge in [-0.1, -0.05) is 0 Å². The molecule has 0 unspecified atom stereocenters. The quantitative estimate of drug-likeness (QED) is 0.327. The largest absolute Gasteiger partial charge is 0.460 e. The van der Waals surface area contributed by atoms with Gasteiger partial charge in [0.15, 0.2) is 6.29 Å². The summed E-state index contributed by atoms with van der Waals surface area (Å²) < 4.78 is 29.0. The number of ether oxygens (including phenoxy) is 5. The van der Waals surface area contributed by atoms with E-state index in [1.807, 2.05) is 34.6 Å². The van der Waals surface area contributed by atoms with Gasteiger partial charge in [0.05, 0.1) is 25.4 Å². The van der Waals surface area contributed by atoms with Crippen LogP contribution in [-0.2, 0) is 28.5 Å². The second kappa shape index (κ2) is 9.45. The minimum absolute atomic E-state index is 0.0838. The zero-order valence-corrected chi connectivity index (χ0v) is 17.4. The van der Waals surface area contributed by atoms with Crippen LogP contribution in [0.25, 0.3) is 0 Å². The topological polar surface area (TPSA) is 75.6 Å². The molecule has 2 saturated heterocycles. The molecule has 0 aromatic carbocycles. The highest BCUT2D eigenvalue weighted by molar-refractivity contribution is 5.69. The normalized spacial score (nSPS) is 30.5. The van der Waals surface area contributed by atoms with Crippen molar-refractivity contribution < 1.29 is 28.5 Å². The highest BCUT2D eigenvalue weighted by Gasteiger charge is 2.54. The molecular weight excluding hydrogens is 350 g/mol. The fourth-order valence-corrected chi connectivity index (χ4v) is 3.43. The second-order valence-electron chi connectivity index (χ2n) is 8.68. The van der Waals surface area contributed by atoms with Crippen molar-refractivity contribution in [2.24, 2.45) is 4.99 Å². The van der Waals surface area contributed by atoms with Crippen molar-refractivity contribution in [1.82, 2.24) is 0 Å². The molecule has 0 aromatic heterocycles. The average Bonchev–Trinajstić information content (AvgIpc) is 2.87. The number of aliphatic imine (C=N–C) groups is 1. The number of unbranched alkanes of at least 4 members (excludes halogenated alkanes) is 1. The Morgan fingerprint density at radius 1 is 1.33 bits per heavy atom. The summed E-state index contributed by atoms with van der Waals surface area (Å²) in [5.41, 5.74) is -0.923. The van der Waals surface area contributed by atoms with E-state index >= 15 is 0 Å². The number of carbonyl (C=O) groups is 1. The van der Waals surface area contributed by atoms with Gasteiger partial charge in [0.1, 0.15) is 17.2 Å². The van der Waals surface area contributed by atoms with Gasteiger partial charge in [0.2, 0.25) is 0 Å². The van der Waals surface area contributed by atoms with Crippen molar-refractivity contribution in [3.05, 3.63) is 0 Å². The third kappa shape index (κ3) is 6.82. The van der Waals surface area contributed by atoms with Crippen molar-refractivity contribution >= 4 is 12.7 Å². The number of rotatable bonds is 10. The Bertz CT molecular complexity index is 503. The van der Waals surface area contributed by atoms with Crippen LogP contribution in [0.5, 0.6) is 0 Å². The lowest BCUT2D eigenvalue weighted by atomic mass is 9.91. The fourth-order valence-electron chi connectivity index (χ4n) is 3.43. The molecule has 7 heteroatoms. The Balaban J connectivity index is 1.71. The van der Waals surface area contributed by atoms with E-state index < -0.39 is 17.5 Å². The molecule has 2 bridgehead atoms. The third-order valence-electron chi connectivity index (χ3n) is 4.47. The standard InChI is InChI=1S/C20H35NO6/c1-14(2)25-15-11-20(13-24-18(27-20)17(15)21-6)12-23-10-8-7-9-16(22)26-19(3,4)5/h14-15,17-18H,6-13H2,1-5H3/t15-,17+,18-,20-/m0/s1. The molecule has 156 valence electrons. The molecule has 0 aliphatic carbocycles. The highest BCUT2D eigenvalue weighted by Crippen LogP contribution is 2.39. The predicted octanol–water partition coefficient (Wildman–Crippen LogP) is 2.89. The van der Waals surface area contributed by atoms with E-state index in [1.54, 1.807) is 0 Å². The van der Waals surface area contributed by atoms with Crippen molar-refractivity contribution in [2.75, 3.05) is 19.8 Å². The van der Waals surface area contributed by atoms with Crippen LogP contribution >= 0.6 is 0 Å². The monoisotopic (exact) mass is 385 g/mol. The average molecular weight is 386 g/mol. The van der Waals surface area contributed by atoms with Gasteiger partial charge in [0.25, 0.3) is 0 Å². The van der Waals surface area contributed by atoms with Crippen LogP contribution in [0.4, 0.5) is 0 Å². The zero-order chi connectivity index (χ0) is 20.1. The molecule has 0 N–H and O–H groups in total. The Morgan fingerprint density at radius 3 is 2.70 bits per heavy atom. The van der Waals surface area contributed by atoms with Gasteiger partial charge in [-0.25, -0.2) is 0 Å². The number of carbonyl (C=O) groups excluding carboxylic acids is 1. The molecule has 27 heavy (non-hydrogen) atoms. The fraction of sp³-hybridized carbons (Fsp3) is 0.900. The van der Waals surface area contributed by atoms with Crippen LogP contribution in [0.2, 0.25) is 0 Å². The van der Waals surface area contributed by atoms with E-state index in [9.17, 15) is 4.79 Å². The molecule has 2 rings (SSSR count). The summed E-state index contributed by atoms with van der Waals surface area (Å²) in [6, 6.07) is -0.211. The molecule has 0 amide bonds. The first-order valence-corrected chi connectivity index (χ1v) is 9.84. The van der Waals surface area contributed by atoms with Gasteiger partial charge in [-0.3, -0.25) is 9.79 Å². The number of hydrogen-bond acceptors (Lipinski definition) is 7. The van der Waals surface area contributed by atoms with Gasteiger partial charge in [0, 0.05) is 19.4 Å². The van der Waals surface area contributed by atoms with Crippen LogP contribution in [0.3, 0.4) is 0 Å². The van der Waals surface area contributed by atoms with E-state index in [4.69, 9.17) is 23.7 Å². The number of fused-ring (bicyclic) bond motifs is 2. The zero-order valence-electron chi connectivity index (χ0n) is 17.4. The van der Waals surface area contributed by atoms with Crippen LogP contribution < -0.4 is 0 Å². The minimum atomic E-state index is -0.490. The molecule has 0 spiro atoms. The van der Waals surface area contributed by atoms with E-state index in [-0.39, 0.29) is 24.2 Å². The van der Waals surface area contributed by atoms with Gasteiger partial charge < -0.3 is 23.7 Å². The summed E-state index contributed by atoms with van der Waals surface area (Å²) in [6.45, 7) is 14.8. The maximum absolute atomic E-state index is 11.7. The summed E-state index contributed by atoms with van der Waals surface area (Å²) in [4.78, 5) is 15.8. The molecule has 7 nitrogen and oxygen atoms in total. The lowest BCUT2D eigenvalue weighted by Gasteiger charge is -2.39. The molecule has 0 saturated carbocycles. The Labute approximate surface area is 162 Å². The lowest BCUT2D eigenvalue weighted by molar-refractivity contribution is -0.196. The van der Waals surface area contributed by atoms with E-state index in [1.165, 1.54) is 0 Å². The maximum atomic E-state index is 11.7. The molecule has 0 radical (unpaired) electrons. The van der Waals surface area contributed by atoms with Crippen molar-refractivity contribution in [3.63, 3.8) is 0 Å². The molecule has 2 fully saturated rings. The molecule has 2 heterocycles. The molecular formula is C20H35NO6.